The average molecular weight is 665 g/mol. The number of furan rings is 1. The average Bonchev–Trinajstić information content (AvgIpc) is 3.59. The van der Waals surface area contributed by atoms with Crippen LogP contribution in [0.2, 0.25) is 5.02 Å². The molecule has 0 radical (unpaired) electrons. The number of carbonyl (C=O) groups excluding carboxylic acids is 3. The lowest BCUT2D eigenvalue weighted by atomic mass is 9.70. The number of Topliss-reactive ketones (excluding diaryl/α,β-unsaturated/α-hetero) is 2. The molecule has 1 amide bonds. The minimum absolute atomic E-state index is 0.0381. The van der Waals surface area contributed by atoms with E-state index in [0.717, 1.165) is 25.7 Å². The van der Waals surface area contributed by atoms with Crippen LogP contribution in [0, 0.1) is 5.92 Å². The maximum atomic E-state index is 14.8. The fourth-order valence-electron chi connectivity index (χ4n) is 7.45. The standard InChI is InChI=1S/C36H41ClN2O8/c1-20-16-25-28(33(41)36(20)34(42)29-24(44-5)18-26(45-6)30(37)32(29)47-36)23(31(46-25)21-10-12-22(43-4)13-11-21)17-27(40)38-19-35(39(2)3)14-8-7-9-15-35/h10-13,18,20H,7-9,14-17,19H2,1-6H3,(H,38,40)/t20-,36+/m1/s1. The van der Waals surface area contributed by atoms with E-state index in [1.54, 1.807) is 26.2 Å². The Balaban J connectivity index is 1.42. The number of rotatable bonds is 9. The molecule has 2 heterocycles. The molecule has 1 spiro atoms. The first kappa shape index (κ1) is 32.9. The summed E-state index contributed by atoms with van der Waals surface area (Å²) in [5, 5.41) is 3.23. The Morgan fingerprint density at radius 3 is 2.26 bits per heavy atom. The number of nitrogens with zero attached hydrogens (tertiary/aromatic N) is 1. The summed E-state index contributed by atoms with van der Waals surface area (Å²) in [4.78, 5) is 45.1. The number of hydrogen-bond acceptors (Lipinski definition) is 9. The predicted octanol–water partition coefficient (Wildman–Crippen LogP) is 5.94. The number of halogens is 1. The Morgan fingerprint density at radius 2 is 1.64 bits per heavy atom. The van der Waals surface area contributed by atoms with Gasteiger partial charge in [0.25, 0.3) is 0 Å². The molecule has 3 aliphatic rings. The summed E-state index contributed by atoms with van der Waals surface area (Å²) in [7, 11) is 8.55. The van der Waals surface area contributed by atoms with Gasteiger partial charge in [-0.15, -0.1) is 0 Å². The fraction of sp³-hybridized carbons (Fsp3) is 0.472. The highest BCUT2D eigenvalue weighted by Crippen LogP contribution is 2.54. The lowest BCUT2D eigenvalue weighted by Crippen LogP contribution is -2.56. The number of benzene rings is 2. The number of likely N-dealkylation sites (N-methyl/N-ethyl adjacent to an activating group) is 1. The highest BCUT2D eigenvalue weighted by atomic mass is 35.5. The van der Waals surface area contributed by atoms with Crippen molar-refractivity contribution in [3.05, 3.63) is 57.8 Å². The third kappa shape index (κ3) is 5.26. The smallest absolute Gasteiger partial charge is 0.237 e. The molecule has 11 heteroatoms. The molecule has 0 unspecified atom stereocenters. The van der Waals surface area contributed by atoms with Crippen molar-refractivity contribution in [3.8, 4) is 34.3 Å². The molecule has 0 saturated heterocycles. The Kier molecular flexibility index (Phi) is 8.78. The zero-order valence-corrected chi connectivity index (χ0v) is 28.5. The van der Waals surface area contributed by atoms with E-state index in [-0.39, 0.29) is 57.7 Å². The summed E-state index contributed by atoms with van der Waals surface area (Å²) in [6.45, 7) is 2.26. The highest BCUT2D eigenvalue weighted by molar-refractivity contribution is 6.36. The van der Waals surface area contributed by atoms with Crippen LogP contribution in [0.25, 0.3) is 11.3 Å². The van der Waals surface area contributed by atoms with Gasteiger partial charge in [-0.3, -0.25) is 14.4 Å². The van der Waals surface area contributed by atoms with E-state index in [9.17, 15) is 14.4 Å². The Labute approximate surface area is 279 Å². The Bertz CT molecular complexity index is 1720. The Hall–Kier alpha value is -4.02. The number of carbonyl (C=O) groups is 3. The summed E-state index contributed by atoms with van der Waals surface area (Å²) in [6, 6.07) is 8.73. The molecule has 1 fully saturated rings. The molecule has 1 aliphatic heterocycles. The molecule has 1 saturated carbocycles. The van der Waals surface area contributed by atoms with E-state index in [0.29, 0.717) is 34.9 Å². The first-order chi connectivity index (χ1) is 22.5. The zero-order valence-electron chi connectivity index (χ0n) is 27.7. The first-order valence-corrected chi connectivity index (χ1v) is 16.3. The molecule has 2 aromatic carbocycles. The molecule has 1 N–H and O–H groups in total. The number of amides is 1. The molecule has 47 heavy (non-hydrogen) atoms. The van der Waals surface area contributed by atoms with Crippen LogP contribution < -0.4 is 24.3 Å². The van der Waals surface area contributed by atoms with Crippen molar-refractivity contribution in [2.24, 2.45) is 5.92 Å². The summed E-state index contributed by atoms with van der Waals surface area (Å²) in [5.74, 6) is -0.0689. The molecule has 1 aromatic heterocycles. The van der Waals surface area contributed by atoms with Crippen molar-refractivity contribution < 1.29 is 37.7 Å². The van der Waals surface area contributed by atoms with Crippen LogP contribution in [-0.4, -0.2) is 75.5 Å². The number of ketones is 2. The number of methoxy groups -OCH3 is 3. The Morgan fingerprint density at radius 1 is 0.979 bits per heavy atom. The second-order valence-corrected chi connectivity index (χ2v) is 13.3. The van der Waals surface area contributed by atoms with Gasteiger partial charge in [0.2, 0.25) is 23.1 Å². The van der Waals surface area contributed by atoms with Gasteiger partial charge in [-0.05, 0) is 51.2 Å². The van der Waals surface area contributed by atoms with E-state index < -0.39 is 23.1 Å². The van der Waals surface area contributed by atoms with Gasteiger partial charge in [0.1, 0.15) is 39.4 Å². The van der Waals surface area contributed by atoms with Gasteiger partial charge in [-0.1, -0.05) is 37.8 Å². The molecule has 10 nitrogen and oxygen atoms in total. The molecule has 0 bridgehead atoms. The molecule has 2 atom stereocenters. The van der Waals surface area contributed by atoms with E-state index in [1.807, 2.05) is 12.1 Å². The summed E-state index contributed by atoms with van der Waals surface area (Å²) in [5.41, 5.74) is -0.709. The SMILES string of the molecule is COc1ccc(-c2oc3c(c2CC(=O)NCC2(N(C)C)CCCCC2)C(=O)[C@@]2(Oc4c(Cl)c(OC)cc(OC)c4C2=O)[C@H](C)C3)cc1. The van der Waals surface area contributed by atoms with E-state index in [1.165, 1.54) is 26.7 Å². The molecular weight excluding hydrogens is 624 g/mol. The lowest BCUT2D eigenvalue weighted by Gasteiger charge is -2.43. The van der Waals surface area contributed by atoms with Gasteiger partial charge in [0.05, 0.1) is 33.3 Å². The third-order valence-corrected chi connectivity index (χ3v) is 10.6. The normalized spacial score (nSPS) is 21.3. The van der Waals surface area contributed by atoms with E-state index in [2.05, 4.69) is 24.3 Å². The fourth-order valence-corrected chi connectivity index (χ4v) is 7.72. The van der Waals surface area contributed by atoms with Crippen molar-refractivity contribution >= 4 is 29.1 Å². The molecule has 250 valence electrons. The number of nitrogens with one attached hydrogen (secondary N) is 1. The second-order valence-electron chi connectivity index (χ2n) is 13.0. The molecular formula is C36H41ClN2O8. The van der Waals surface area contributed by atoms with Crippen LogP contribution in [-0.2, 0) is 17.6 Å². The van der Waals surface area contributed by atoms with Crippen molar-refractivity contribution in [2.75, 3.05) is 42.0 Å². The van der Waals surface area contributed by atoms with Gasteiger partial charge < -0.3 is 33.6 Å². The van der Waals surface area contributed by atoms with Crippen LogP contribution in [0.15, 0.2) is 34.7 Å². The zero-order chi connectivity index (χ0) is 33.7. The summed E-state index contributed by atoms with van der Waals surface area (Å²) < 4.78 is 29.0. The maximum absolute atomic E-state index is 14.8. The number of ether oxygens (including phenoxy) is 4. The van der Waals surface area contributed by atoms with Crippen LogP contribution in [0.5, 0.6) is 23.0 Å². The van der Waals surface area contributed by atoms with Crippen LogP contribution in [0.4, 0.5) is 0 Å². The monoisotopic (exact) mass is 664 g/mol. The summed E-state index contributed by atoms with van der Waals surface area (Å²) >= 11 is 6.63. The van der Waals surface area contributed by atoms with E-state index in [4.69, 9.17) is 35.0 Å². The molecule has 3 aromatic rings. The number of fused-ring (bicyclic) bond motifs is 2. The summed E-state index contributed by atoms with van der Waals surface area (Å²) in [6.07, 6.45) is 5.48. The quantitative estimate of drug-likeness (QED) is 0.278. The highest BCUT2D eigenvalue weighted by Gasteiger charge is 2.63. The van der Waals surface area contributed by atoms with Gasteiger partial charge in [-0.25, -0.2) is 0 Å². The maximum Gasteiger partial charge on any atom is 0.237 e. The predicted molar refractivity (Wildman–Crippen MR) is 176 cm³/mol. The van der Waals surface area contributed by atoms with Crippen molar-refractivity contribution in [3.63, 3.8) is 0 Å². The second kappa shape index (κ2) is 12.5. The van der Waals surface area contributed by atoms with E-state index >= 15 is 0 Å². The largest absolute Gasteiger partial charge is 0.497 e. The van der Waals surface area contributed by atoms with Gasteiger partial charge >= 0.3 is 0 Å². The lowest BCUT2D eigenvalue weighted by molar-refractivity contribution is -0.121. The van der Waals surface area contributed by atoms with Crippen LogP contribution in [0.1, 0.15) is 71.1 Å². The van der Waals surface area contributed by atoms with Gasteiger partial charge in [-0.2, -0.15) is 0 Å². The minimum atomic E-state index is -1.93. The first-order valence-electron chi connectivity index (χ1n) is 16.0. The van der Waals surface area contributed by atoms with Crippen molar-refractivity contribution in [1.29, 1.82) is 0 Å². The molecule has 2 aliphatic carbocycles. The van der Waals surface area contributed by atoms with Gasteiger partial charge in [0.15, 0.2) is 5.75 Å². The third-order valence-electron chi connectivity index (χ3n) is 10.3. The van der Waals surface area contributed by atoms with Gasteiger partial charge in [0, 0.05) is 41.6 Å². The van der Waals surface area contributed by atoms with Crippen LogP contribution in [0.3, 0.4) is 0 Å². The van der Waals surface area contributed by atoms with Crippen LogP contribution >= 0.6 is 11.6 Å². The molecule has 6 rings (SSSR count). The minimum Gasteiger partial charge on any atom is -0.497 e. The topological polar surface area (TPSA) is 117 Å². The number of hydrogen-bond donors (Lipinski definition) is 1. The van der Waals surface area contributed by atoms with Crippen molar-refractivity contribution in [1.82, 2.24) is 10.2 Å². The van der Waals surface area contributed by atoms with Crippen molar-refractivity contribution in [2.45, 2.75) is 63.0 Å².